The molecule has 0 aliphatic heterocycles. The van der Waals surface area contributed by atoms with Gasteiger partial charge in [0.25, 0.3) is 0 Å². The lowest BCUT2D eigenvalue weighted by Gasteiger charge is -2.20. The van der Waals surface area contributed by atoms with Gasteiger partial charge >= 0.3 is 0 Å². The Morgan fingerprint density at radius 2 is 2.18 bits per heavy atom. The van der Waals surface area contributed by atoms with E-state index in [0.717, 1.165) is 12.3 Å². The topological polar surface area (TPSA) is 12.0 Å². The summed E-state index contributed by atoms with van der Waals surface area (Å²) in [5, 5.41) is 3.30. The fourth-order valence-corrected chi connectivity index (χ4v) is 1.99. The summed E-state index contributed by atoms with van der Waals surface area (Å²) < 4.78 is 0. The molecule has 0 aromatic rings. The van der Waals surface area contributed by atoms with E-state index in [2.05, 4.69) is 11.2 Å². The van der Waals surface area contributed by atoms with Crippen molar-refractivity contribution >= 4 is 0 Å². The van der Waals surface area contributed by atoms with Crippen molar-refractivity contribution < 1.29 is 0 Å². The first kappa shape index (κ1) is 8.62. The Hall–Kier alpha value is -0.480. The van der Waals surface area contributed by atoms with Gasteiger partial charge in [-0.15, -0.1) is 12.3 Å². The maximum atomic E-state index is 5.28. The standard InChI is InChI=1S/C10H17N/c1-3-6-10(11-2)9-7-4-5-8-9/h1,9-11H,4-8H2,2H3. The fraction of sp³-hybridized carbons (Fsp3) is 0.800. The molecule has 1 atom stereocenters. The lowest BCUT2D eigenvalue weighted by Crippen LogP contribution is -2.31. The minimum Gasteiger partial charge on any atom is -0.316 e. The highest BCUT2D eigenvalue weighted by molar-refractivity contribution is 4.93. The zero-order chi connectivity index (χ0) is 8.10. The van der Waals surface area contributed by atoms with Crippen LogP contribution in [0.3, 0.4) is 0 Å². The Morgan fingerprint density at radius 3 is 2.64 bits per heavy atom. The highest BCUT2D eigenvalue weighted by atomic mass is 14.9. The van der Waals surface area contributed by atoms with Crippen LogP contribution in [0.5, 0.6) is 0 Å². The number of nitrogens with one attached hydrogen (secondary N) is 1. The van der Waals surface area contributed by atoms with E-state index in [9.17, 15) is 0 Å². The molecule has 0 saturated heterocycles. The average molecular weight is 151 g/mol. The van der Waals surface area contributed by atoms with Gasteiger partial charge in [0.1, 0.15) is 0 Å². The van der Waals surface area contributed by atoms with Crippen molar-refractivity contribution in [1.29, 1.82) is 0 Å². The predicted octanol–water partition coefficient (Wildman–Crippen LogP) is 1.79. The van der Waals surface area contributed by atoms with Gasteiger partial charge in [0, 0.05) is 12.5 Å². The summed E-state index contributed by atoms with van der Waals surface area (Å²) in [6.07, 6.45) is 11.7. The summed E-state index contributed by atoms with van der Waals surface area (Å²) in [5.41, 5.74) is 0. The normalized spacial score (nSPS) is 21.5. The molecule has 0 heterocycles. The van der Waals surface area contributed by atoms with E-state index in [0.29, 0.717) is 6.04 Å². The molecule has 1 saturated carbocycles. The van der Waals surface area contributed by atoms with Gasteiger partial charge in [0.15, 0.2) is 0 Å². The summed E-state index contributed by atoms with van der Waals surface area (Å²) >= 11 is 0. The Labute approximate surface area is 69.6 Å². The largest absolute Gasteiger partial charge is 0.316 e. The van der Waals surface area contributed by atoms with E-state index in [1.807, 2.05) is 7.05 Å². The number of hydrogen-bond donors (Lipinski definition) is 1. The molecule has 11 heavy (non-hydrogen) atoms. The third kappa shape index (κ3) is 2.24. The molecule has 0 amide bonds. The summed E-state index contributed by atoms with van der Waals surface area (Å²) in [7, 11) is 2.01. The van der Waals surface area contributed by atoms with Crippen LogP contribution in [0.25, 0.3) is 0 Å². The van der Waals surface area contributed by atoms with Crippen LogP contribution in [-0.2, 0) is 0 Å². The molecular weight excluding hydrogens is 134 g/mol. The fourth-order valence-electron chi connectivity index (χ4n) is 1.99. The molecule has 0 bridgehead atoms. The second kappa shape index (κ2) is 4.41. The van der Waals surface area contributed by atoms with Crippen LogP contribution in [-0.4, -0.2) is 13.1 Å². The first-order chi connectivity index (χ1) is 5.38. The first-order valence-electron chi connectivity index (χ1n) is 4.49. The van der Waals surface area contributed by atoms with E-state index < -0.39 is 0 Å². The van der Waals surface area contributed by atoms with Gasteiger partial charge in [-0.3, -0.25) is 0 Å². The van der Waals surface area contributed by atoms with Crippen LogP contribution >= 0.6 is 0 Å². The maximum Gasteiger partial charge on any atom is 0.0243 e. The van der Waals surface area contributed by atoms with Crippen molar-refractivity contribution in [2.24, 2.45) is 5.92 Å². The number of rotatable bonds is 3. The highest BCUT2D eigenvalue weighted by Crippen LogP contribution is 2.28. The van der Waals surface area contributed by atoms with Crippen LogP contribution < -0.4 is 5.32 Å². The predicted molar refractivity (Wildman–Crippen MR) is 48.3 cm³/mol. The third-order valence-corrected chi connectivity index (χ3v) is 2.68. The molecule has 1 rings (SSSR count). The molecule has 0 aromatic heterocycles. The number of hydrogen-bond acceptors (Lipinski definition) is 1. The van der Waals surface area contributed by atoms with Crippen LogP contribution in [0.2, 0.25) is 0 Å². The second-order valence-corrected chi connectivity index (χ2v) is 3.35. The van der Waals surface area contributed by atoms with Gasteiger partial charge in [-0.05, 0) is 25.8 Å². The lowest BCUT2D eigenvalue weighted by atomic mass is 9.96. The third-order valence-electron chi connectivity index (χ3n) is 2.68. The van der Waals surface area contributed by atoms with E-state index >= 15 is 0 Å². The quantitative estimate of drug-likeness (QED) is 0.606. The van der Waals surface area contributed by atoms with Gasteiger partial charge in [-0.2, -0.15) is 0 Å². The van der Waals surface area contributed by atoms with Crippen LogP contribution in [0.1, 0.15) is 32.1 Å². The molecule has 1 fully saturated rings. The van der Waals surface area contributed by atoms with E-state index in [1.54, 1.807) is 0 Å². The van der Waals surface area contributed by atoms with Gasteiger partial charge < -0.3 is 5.32 Å². The highest BCUT2D eigenvalue weighted by Gasteiger charge is 2.22. The van der Waals surface area contributed by atoms with Gasteiger partial charge in [0.2, 0.25) is 0 Å². The summed E-state index contributed by atoms with van der Waals surface area (Å²) in [5.74, 6) is 3.58. The lowest BCUT2D eigenvalue weighted by molar-refractivity contribution is 0.385. The molecule has 0 radical (unpaired) electrons. The number of terminal acetylenes is 1. The van der Waals surface area contributed by atoms with Crippen molar-refractivity contribution in [1.82, 2.24) is 5.32 Å². The van der Waals surface area contributed by atoms with Crippen LogP contribution in [0, 0.1) is 18.3 Å². The van der Waals surface area contributed by atoms with Crippen molar-refractivity contribution in [3.05, 3.63) is 0 Å². The Bertz CT molecular complexity index is 139. The van der Waals surface area contributed by atoms with Crippen LogP contribution in [0.4, 0.5) is 0 Å². The Morgan fingerprint density at radius 1 is 1.55 bits per heavy atom. The molecule has 1 nitrogen and oxygen atoms in total. The minimum absolute atomic E-state index is 0.572. The molecule has 62 valence electrons. The molecule has 0 aromatic carbocycles. The average Bonchev–Trinajstić information content (AvgIpc) is 2.52. The summed E-state index contributed by atoms with van der Waals surface area (Å²) in [6.45, 7) is 0. The maximum absolute atomic E-state index is 5.28. The van der Waals surface area contributed by atoms with E-state index in [1.165, 1.54) is 25.7 Å². The van der Waals surface area contributed by atoms with Gasteiger partial charge in [-0.1, -0.05) is 12.8 Å². The molecule has 0 spiro atoms. The minimum atomic E-state index is 0.572. The van der Waals surface area contributed by atoms with E-state index in [-0.39, 0.29) is 0 Å². The molecule has 1 N–H and O–H groups in total. The smallest absolute Gasteiger partial charge is 0.0243 e. The second-order valence-electron chi connectivity index (χ2n) is 3.35. The van der Waals surface area contributed by atoms with Crippen molar-refractivity contribution in [3.63, 3.8) is 0 Å². The molecule has 1 aliphatic rings. The summed E-state index contributed by atoms with van der Waals surface area (Å²) in [6, 6.07) is 0.572. The zero-order valence-corrected chi connectivity index (χ0v) is 7.27. The van der Waals surface area contributed by atoms with Crippen molar-refractivity contribution in [3.8, 4) is 12.3 Å². The first-order valence-corrected chi connectivity index (χ1v) is 4.49. The Kier molecular flexibility index (Phi) is 3.45. The van der Waals surface area contributed by atoms with Crippen molar-refractivity contribution in [2.45, 2.75) is 38.1 Å². The Balaban J connectivity index is 2.34. The van der Waals surface area contributed by atoms with E-state index in [4.69, 9.17) is 6.42 Å². The monoisotopic (exact) mass is 151 g/mol. The molecule has 1 aliphatic carbocycles. The van der Waals surface area contributed by atoms with Gasteiger partial charge in [0.05, 0.1) is 0 Å². The molecule has 1 unspecified atom stereocenters. The van der Waals surface area contributed by atoms with Crippen molar-refractivity contribution in [2.75, 3.05) is 7.05 Å². The SMILES string of the molecule is C#CCC(NC)C1CCCC1. The zero-order valence-electron chi connectivity index (χ0n) is 7.27. The molecular formula is C10H17N. The van der Waals surface area contributed by atoms with Gasteiger partial charge in [-0.25, -0.2) is 0 Å². The molecule has 1 heteroatoms. The van der Waals surface area contributed by atoms with Crippen LogP contribution in [0.15, 0.2) is 0 Å². The summed E-state index contributed by atoms with van der Waals surface area (Å²) in [4.78, 5) is 0.